The van der Waals surface area contributed by atoms with Crippen molar-refractivity contribution in [2.75, 3.05) is 53.6 Å². The molecule has 2 aromatic carbocycles. The lowest BCUT2D eigenvalue weighted by molar-refractivity contribution is -0.164. The Morgan fingerprint density at radius 2 is 1.55 bits per heavy atom. The zero-order chi connectivity index (χ0) is 27.9. The van der Waals surface area contributed by atoms with E-state index in [9.17, 15) is 14.4 Å². The molecule has 3 amide bonds. The highest BCUT2D eigenvalue weighted by Crippen LogP contribution is 2.25. The van der Waals surface area contributed by atoms with Gasteiger partial charge in [-0.05, 0) is 42.3 Å². The average molecular weight is 530 g/mol. The van der Waals surface area contributed by atoms with Crippen LogP contribution in [0.3, 0.4) is 0 Å². The maximum atomic E-state index is 13.2. The number of ether oxygens (including phenoxy) is 2. The van der Waals surface area contributed by atoms with Crippen LogP contribution >= 0.6 is 0 Å². The van der Waals surface area contributed by atoms with Crippen LogP contribution in [0.1, 0.15) is 17.3 Å². The Morgan fingerprint density at radius 1 is 1.00 bits per heavy atom. The fraction of sp³-hybridized carbons (Fsp3) is 0.400. The van der Waals surface area contributed by atoms with Crippen molar-refractivity contribution in [2.24, 2.45) is 11.7 Å². The van der Waals surface area contributed by atoms with Gasteiger partial charge in [-0.3, -0.25) is 29.5 Å². The number of morpholine rings is 1. The number of rotatable bonds is 10. The molecular weight excluding hydrogens is 494 g/mol. The van der Waals surface area contributed by atoms with E-state index in [2.05, 4.69) is 4.90 Å². The highest BCUT2D eigenvalue weighted by Gasteiger charge is 2.50. The largest absolute Gasteiger partial charge is 0.492 e. The van der Waals surface area contributed by atoms with Gasteiger partial charge in [-0.15, -0.1) is 0 Å². The summed E-state index contributed by atoms with van der Waals surface area (Å²) in [5.41, 5.74) is 1.32. The summed E-state index contributed by atoms with van der Waals surface area (Å²) in [6.45, 7) is 5.95. The number of carbonyl (C=O) groups excluding carboxylic acids is 3. The molecule has 1 saturated heterocycles. The molecule has 0 aliphatic carbocycles. The van der Waals surface area contributed by atoms with Gasteiger partial charge in [-0.25, -0.2) is 11.7 Å². The Balaban J connectivity index is 1.68. The van der Waals surface area contributed by atoms with Crippen molar-refractivity contribution in [3.05, 3.63) is 54.1 Å². The third-order valence-corrected chi connectivity index (χ3v) is 6.55. The number of nitrogens with zero attached hydrogens (tertiary/aromatic N) is 4. The number of amides is 3. The first-order valence-electron chi connectivity index (χ1n) is 12.0. The molecule has 1 aliphatic rings. The number of likely N-dealkylation sites (N-methyl/N-ethyl adjacent to an activating group) is 2. The minimum atomic E-state index is -2.14. The van der Waals surface area contributed by atoms with Gasteiger partial charge in [0.2, 0.25) is 5.54 Å². The number of carbonyl (C=O) groups is 3. The number of hydrogen-bond donors (Lipinski definition) is 4. The number of benzene rings is 2. The second-order valence-electron chi connectivity index (χ2n) is 9.03. The molecule has 0 unspecified atom stereocenters. The minimum absolute atomic E-state index is 0.199. The fourth-order valence-electron chi connectivity index (χ4n) is 4.06. The smallest absolute Gasteiger partial charge is 0.288 e. The molecular formula is C25H35N7O6. The molecule has 1 aliphatic heterocycles. The first-order chi connectivity index (χ1) is 18.1. The summed E-state index contributed by atoms with van der Waals surface area (Å²) < 4.78 is 11.2. The van der Waals surface area contributed by atoms with Crippen molar-refractivity contribution in [1.82, 2.24) is 25.5 Å². The van der Waals surface area contributed by atoms with Crippen LogP contribution in [0.4, 0.5) is 0 Å². The molecule has 0 aromatic heterocycles. The van der Waals surface area contributed by atoms with Gasteiger partial charge >= 0.3 is 0 Å². The summed E-state index contributed by atoms with van der Waals surface area (Å²) in [6, 6.07) is 14.3. The quantitative estimate of drug-likeness (QED) is 0.140. The zero-order valence-corrected chi connectivity index (χ0v) is 21.8. The second kappa shape index (κ2) is 12.8. The maximum Gasteiger partial charge on any atom is 0.288 e. The van der Waals surface area contributed by atoms with Crippen LogP contribution < -0.4 is 22.0 Å². The molecule has 2 aromatic rings. The highest BCUT2D eigenvalue weighted by atomic mass is 16.5. The maximum absolute atomic E-state index is 13.2. The number of hydrazine groups is 3. The normalized spacial score (nSPS) is 15.3. The van der Waals surface area contributed by atoms with Crippen molar-refractivity contribution in [1.29, 1.82) is 0 Å². The van der Waals surface area contributed by atoms with Crippen LogP contribution in [0.25, 0.3) is 11.1 Å². The van der Waals surface area contributed by atoms with E-state index in [0.29, 0.717) is 11.6 Å². The van der Waals surface area contributed by atoms with E-state index in [0.717, 1.165) is 54.6 Å². The van der Waals surface area contributed by atoms with Crippen molar-refractivity contribution < 1.29 is 29.1 Å². The molecule has 0 radical (unpaired) electrons. The molecule has 3 rings (SSSR count). The van der Waals surface area contributed by atoms with Gasteiger partial charge < -0.3 is 14.4 Å². The molecule has 13 nitrogen and oxygen atoms in total. The SMILES string of the molecule is CN(N)C(=O)[C@@](C)(C(=O)N(N)NO)N(C)C(=O)c1ccc(-c2ccc(OCCN3CCOCC3)cc2)cc1. The van der Waals surface area contributed by atoms with Gasteiger partial charge in [-0.2, -0.15) is 5.12 Å². The van der Waals surface area contributed by atoms with Gasteiger partial charge in [0, 0.05) is 39.3 Å². The second-order valence-corrected chi connectivity index (χ2v) is 9.03. The van der Waals surface area contributed by atoms with Gasteiger partial charge in [0.1, 0.15) is 12.4 Å². The van der Waals surface area contributed by atoms with Crippen LogP contribution in [0, 0.1) is 0 Å². The van der Waals surface area contributed by atoms with Gasteiger partial charge in [0.25, 0.3) is 17.7 Å². The minimum Gasteiger partial charge on any atom is -0.492 e. The molecule has 206 valence electrons. The van der Waals surface area contributed by atoms with Crippen molar-refractivity contribution in [3.63, 3.8) is 0 Å². The Bertz CT molecular complexity index is 1110. The summed E-state index contributed by atoms with van der Waals surface area (Å²) in [6.07, 6.45) is 0. The van der Waals surface area contributed by atoms with Crippen LogP contribution in [0.2, 0.25) is 0 Å². The molecule has 13 heteroatoms. The number of nitrogens with two attached hydrogens (primary N) is 2. The Hall–Kier alpha value is -3.59. The van der Waals surface area contributed by atoms with E-state index in [1.807, 2.05) is 24.3 Å². The summed E-state index contributed by atoms with van der Waals surface area (Å²) in [5, 5.41) is 9.91. The Morgan fingerprint density at radius 3 is 2.08 bits per heavy atom. The van der Waals surface area contributed by atoms with Crippen LogP contribution in [0.15, 0.2) is 48.5 Å². The lowest BCUT2D eigenvalue weighted by Crippen LogP contribution is -2.69. The Labute approximate surface area is 221 Å². The van der Waals surface area contributed by atoms with E-state index in [4.69, 9.17) is 26.4 Å². The third kappa shape index (κ3) is 6.45. The van der Waals surface area contributed by atoms with Crippen LogP contribution in [0.5, 0.6) is 5.75 Å². The molecule has 38 heavy (non-hydrogen) atoms. The summed E-state index contributed by atoms with van der Waals surface area (Å²) in [7, 11) is 2.51. The van der Waals surface area contributed by atoms with E-state index >= 15 is 0 Å². The molecule has 1 atom stereocenters. The third-order valence-electron chi connectivity index (χ3n) is 6.55. The number of hydrogen-bond acceptors (Lipinski definition) is 10. The van der Waals surface area contributed by atoms with E-state index in [-0.39, 0.29) is 10.7 Å². The predicted molar refractivity (Wildman–Crippen MR) is 138 cm³/mol. The predicted octanol–water partition coefficient (Wildman–Crippen LogP) is -0.176. The fourth-order valence-corrected chi connectivity index (χ4v) is 4.06. The van der Waals surface area contributed by atoms with Crippen molar-refractivity contribution in [3.8, 4) is 16.9 Å². The molecule has 1 heterocycles. The first-order valence-corrected chi connectivity index (χ1v) is 12.0. The summed E-state index contributed by atoms with van der Waals surface area (Å²) in [4.78, 5) is 42.1. The van der Waals surface area contributed by atoms with E-state index < -0.39 is 23.3 Å². The molecule has 0 bridgehead atoms. The van der Waals surface area contributed by atoms with Gasteiger partial charge in [0.15, 0.2) is 0 Å². The van der Waals surface area contributed by atoms with Crippen molar-refractivity contribution >= 4 is 17.7 Å². The van der Waals surface area contributed by atoms with E-state index in [1.54, 1.807) is 24.3 Å². The van der Waals surface area contributed by atoms with Gasteiger partial charge in [0.05, 0.1) is 13.2 Å². The summed E-state index contributed by atoms with van der Waals surface area (Å²) in [5.74, 6) is 9.13. The standard InChI is InChI=1S/C25H35N7O6/c1-25(23(34)30(3)26,24(35)32(27)28-36)29(2)22(33)20-6-4-18(5-7-20)19-8-10-21(11-9-19)38-17-14-31-12-15-37-16-13-31/h4-11,28,36H,12-17,26-27H2,1-3H3/t25-/m0/s1. The summed E-state index contributed by atoms with van der Waals surface area (Å²) >= 11 is 0. The topological polar surface area (TPSA) is 167 Å². The molecule has 1 fully saturated rings. The highest BCUT2D eigenvalue weighted by molar-refractivity contribution is 6.12. The lowest BCUT2D eigenvalue weighted by atomic mass is 9.96. The molecule has 0 saturated carbocycles. The monoisotopic (exact) mass is 529 g/mol. The Kier molecular flexibility index (Phi) is 9.74. The van der Waals surface area contributed by atoms with Crippen molar-refractivity contribution in [2.45, 2.75) is 12.5 Å². The molecule has 6 N–H and O–H groups in total. The van der Waals surface area contributed by atoms with Crippen LogP contribution in [-0.4, -0.2) is 102 Å². The van der Waals surface area contributed by atoms with E-state index in [1.165, 1.54) is 26.6 Å². The molecule has 0 spiro atoms. The van der Waals surface area contributed by atoms with Crippen LogP contribution in [-0.2, 0) is 14.3 Å². The first kappa shape index (κ1) is 29.0. The average Bonchev–Trinajstić information content (AvgIpc) is 2.95. The van der Waals surface area contributed by atoms with Gasteiger partial charge in [-0.1, -0.05) is 29.9 Å². The zero-order valence-electron chi connectivity index (χ0n) is 21.8. The lowest BCUT2D eigenvalue weighted by Gasteiger charge is -2.38. The number of nitrogens with one attached hydrogen (secondary N) is 1.